The molecule has 20 heavy (non-hydrogen) atoms. The van der Waals surface area contributed by atoms with E-state index >= 15 is 0 Å². The molecule has 0 saturated carbocycles. The fraction of sp³-hybridized carbons (Fsp3) is 0.286. The summed E-state index contributed by atoms with van der Waals surface area (Å²) in [5, 5.41) is 10.5. The molecule has 1 saturated heterocycles. The third-order valence-electron chi connectivity index (χ3n) is 3.29. The minimum Gasteiger partial charge on any atom is -0.355 e. The summed E-state index contributed by atoms with van der Waals surface area (Å²) in [7, 11) is 0. The lowest BCUT2D eigenvalue weighted by Gasteiger charge is -2.26. The molecule has 1 aromatic heterocycles. The van der Waals surface area contributed by atoms with E-state index in [0.29, 0.717) is 28.9 Å². The first-order chi connectivity index (χ1) is 9.72. The van der Waals surface area contributed by atoms with E-state index in [-0.39, 0.29) is 5.91 Å². The largest absolute Gasteiger partial charge is 0.355 e. The van der Waals surface area contributed by atoms with E-state index in [9.17, 15) is 4.79 Å². The fourth-order valence-electron chi connectivity index (χ4n) is 1.95. The second kappa shape index (κ2) is 5.64. The zero-order valence-electron chi connectivity index (χ0n) is 10.7. The number of aromatic nitrogens is 1. The molecule has 1 aliphatic heterocycles. The minimum absolute atomic E-state index is 0.208. The van der Waals surface area contributed by atoms with Gasteiger partial charge in [-0.15, -0.1) is 0 Å². The first kappa shape index (κ1) is 13.1. The Labute approximate surface area is 121 Å². The third kappa shape index (κ3) is 2.84. The van der Waals surface area contributed by atoms with Crippen LogP contribution in [0.25, 0.3) is 11.3 Å². The Morgan fingerprint density at radius 3 is 2.80 bits per heavy atom. The van der Waals surface area contributed by atoms with Gasteiger partial charge in [-0.1, -0.05) is 16.8 Å². The Balaban J connectivity index is 1.66. The van der Waals surface area contributed by atoms with Crippen LogP contribution < -0.4 is 10.6 Å². The van der Waals surface area contributed by atoms with Crippen LogP contribution in [0.15, 0.2) is 34.9 Å². The van der Waals surface area contributed by atoms with Gasteiger partial charge >= 0.3 is 0 Å². The van der Waals surface area contributed by atoms with E-state index in [2.05, 4.69) is 15.8 Å². The van der Waals surface area contributed by atoms with Gasteiger partial charge in [0.25, 0.3) is 5.91 Å². The number of hydrogen-bond donors (Lipinski definition) is 2. The molecular formula is C14H14ClN3O2. The van der Waals surface area contributed by atoms with Gasteiger partial charge in [-0.25, -0.2) is 0 Å². The van der Waals surface area contributed by atoms with E-state index in [0.717, 1.165) is 18.7 Å². The standard InChI is InChI=1S/C14H14ClN3O2/c15-11-3-1-10(2-4-11)13-5-12(18-20-13)14(19)17-8-9-6-16-7-9/h1-5,9,16H,6-8H2,(H,17,19). The van der Waals surface area contributed by atoms with Gasteiger partial charge in [0.05, 0.1) is 0 Å². The van der Waals surface area contributed by atoms with Crippen molar-refractivity contribution < 1.29 is 9.32 Å². The van der Waals surface area contributed by atoms with Crippen molar-refractivity contribution in [3.05, 3.63) is 41.0 Å². The Kier molecular flexibility index (Phi) is 3.71. The molecule has 104 valence electrons. The van der Waals surface area contributed by atoms with E-state index in [1.54, 1.807) is 18.2 Å². The van der Waals surface area contributed by atoms with Gasteiger partial charge in [0, 0.05) is 42.2 Å². The second-order valence-corrected chi connectivity index (χ2v) is 5.25. The van der Waals surface area contributed by atoms with Gasteiger partial charge in [-0.2, -0.15) is 0 Å². The highest BCUT2D eigenvalue weighted by Gasteiger charge is 2.19. The van der Waals surface area contributed by atoms with Crippen LogP contribution in [-0.4, -0.2) is 30.7 Å². The topological polar surface area (TPSA) is 67.2 Å². The van der Waals surface area contributed by atoms with Gasteiger partial charge < -0.3 is 15.2 Å². The lowest BCUT2D eigenvalue weighted by atomic mass is 10.0. The van der Waals surface area contributed by atoms with Crippen LogP contribution in [0, 0.1) is 5.92 Å². The maximum absolute atomic E-state index is 11.9. The summed E-state index contributed by atoms with van der Waals surface area (Å²) in [5.74, 6) is 0.861. The van der Waals surface area contributed by atoms with Crippen molar-refractivity contribution in [2.24, 2.45) is 5.92 Å². The summed E-state index contributed by atoms with van der Waals surface area (Å²) >= 11 is 5.83. The van der Waals surface area contributed by atoms with Crippen LogP contribution in [0.2, 0.25) is 5.02 Å². The number of nitrogens with zero attached hydrogens (tertiary/aromatic N) is 1. The van der Waals surface area contributed by atoms with Gasteiger partial charge in [0.1, 0.15) is 0 Å². The molecule has 0 atom stereocenters. The van der Waals surface area contributed by atoms with Crippen LogP contribution in [0.1, 0.15) is 10.5 Å². The van der Waals surface area contributed by atoms with Crippen molar-refractivity contribution in [3.63, 3.8) is 0 Å². The summed E-state index contributed by atoms with van der Waals surface area (Å²) in [6, 6.07) is 8.82. The molecule has 1 aliphatic rings. The van der Waals surface area contributed by atoms with Crippen molar-refractivity contribution in [2.45, 2.75) is 0 Å². The molecular weight excluding hydrogens is 278 g/mol. The Morgan fingerprint density at radius 1 is 1.40 bits per heavy atom. The molecule has 6 heteroatoms. The molecule has 0 spiro atoms. The summed E-state index contributed by atoms with van der Waals surface area (Å²) in [4.78, 5) is 11.9. The Morgan fingerprint density at radius 2 is 2.15 bits per heavy atom. The first-order valence-corrected chi connectivity index (χ1v) is 6.82. The molecule has 0 radical (unpaired) electrons. The summed E-state index contributed by atoms with van der Waals surface area (Å²) in [5.41, 5.74) is 1.13. The number of halogens is 1. The van der Waals surface area contributed by atoms with Gasteiger partial charge in [0.2, 0.25) is 0 Å². The maximum Gasteiger partial charge on any atom is 0.273 e. The molecule has 0 aliphatic carbocycles. The van der Waals surface area contributed by atoms with Crippen molar-refractivity contribution in [2.75, 3.05) is 19.6 Å². The molecule has 2 heterocycles. The molecule has 2 N–H and O–H groups in total. The fourth-order valence-corrected chi connectivity index (χ4v) is 2.08. The maximum atomic E-state index is 11.9. The Bertz CT molecular complexity index is 605. The van der Waals surface area contributed by atoms with Crippen molar-refractivity contribution in [1.82, 2.24) is 15.8 Å². The van der Waals surface area contributed by atoms with Crippen molar-refractivity contribution in [1.29, 1.82) is 0 Å². The average Bonchev–Trinajstić information content (AvgIpc) is 2.87. The molecule has 0 unspecified atom stereocenters. The predicted molar refractivity (Wildman–Crippen MR) is 75.6 cm³/mol. The predicted octanol–water partition coefficient (Wildman–Crippen LogP) is 1.94. The molecule has 1 amide bonds. The van der Waals surface area contributed by atoms with E-state index in [4.69, 9.17) is 16.1 Å². The number of rotatable bonds is 4. The number of amides is 1. The molecule has 2 aromatic rings. The summed E-state index contributed by atoms with van der Waals surface area (Å²) < 4.78 is 5.19. The van der Waals surface area contributed by atoms with Crippen molar-refractivity contribution >= 4 is 17.5 Å². The van der Waals surface area contributed by atoms with Gasteiger partial charge in [-0.05, 0) is 24.3 Å². The lowest BCUT2D eigenvalue weighted by molar-refractivity contribution is 0.0933. The van der Waals surface area contributed by atoms with Crippen LogP contribution in [0.3, 0.4) is 0 Å². The van der Waals surface area contributed by atoms with Crippen LogP contribution in [0.5, 0.6) is 0 Å². The lowest BCUT2D eigenvalue weighted by Crippen LogP contribution is -2.48. The van der Waals surface area contributed by atoms with Gasteiger partial charge in [-0.3, -0.25) is 4.79 Å². The smallest absolute Gasteiger partial charge is 0.273 e. The quantitative estimate of drug-likeness (QED) is 0.903. The number of nitrogens with one attached hydrogen (secondary N) is 2. The third-order valence-corrected chi connectivity index (χ3v) is 3.54. The zero-order valence-corrected chi connectivity index (χ0v) is 11.5. The minimum atomic E-state index is -0.208. The van der Waals surface area contributed by atoms with E-state index < -0.39 is 0 Å². The number of carbonyl (C=O) groups is 1. The highest BCUT2D eigenvalue weighted by atomic mass is 35.5. The van der Waals surface area contributed by atoms with Gasteiger partial charge in [0.15, 0.2) is 11.5 Å². The molecule has 3 rings (SSSR count). The van der Waals surface area contributed by atoms with E-state index in [1.807, 2.05) is 12.1 Å². The van der Waals surface area contributed by atoms with E-state index in [1.165, 1.54) is 0 Å². The van der Waals surface area contributed by atoms with Crippen molar-refractivity contribution in [3.8, 4) is 11.3 Å². The Hall–Kier alpha value is -1.85. The number of hydrogen-bond acceptors (Lipinski definition) is 4. The zero-order chi connectivity index (χ0) is 13.9. The number of benzene rings is 1. The highest BCUT2D eigenvalue weighted by Crippen LogP contribution is 2.22. The van der Waals surface area contributed by atoms with Crippen LogP contribution in [0.4, 0.5) is 0 Å². The molecule has 5 nitrogen and oxygen atoms in total. The molecule has 1 fully saturated rings. The summed E-state index contributed by atoms with van der Waals surface area (Å²) in [6.45, 7) is 2.57. The normalized spacial score (nSPS) is 14.8. The monoisotopic (exact) mass is 291 g/mol. The molecule has 1 aromatic carbocycles. The highest BCUT2D eigenvalue weighted by molar-refractivity contribution is 6.30. The number of carbonyl (C=O) groups excluding carboxylic acids is 1. The summed E-state index contributed by atoms with van der Waals surface area (Å²) in [6.07, 6.45) is 0. The van der Waals surface area contributed by atoms with Crippen LogP contribution in [-0.2, 0) is 0 Å². The van der Waals surface area contributed by atoms with Crippen LogP contribution >= 0.6 is 11.6 Å². The second-order valence-electron chi connectivity index (χ2n) is 4.82. The molecule has 0 bridgehead atoms. The first-order valence-electron chi connectivity index (χ1n) is 6.44. The SMILES string of the molecule is O=C(NCC1CNC1)c1cc(-c2ccc(Cl)cc2)on1. The average molecular weight is 292 g/mol.